The molecule has 3 aliphatic rings. The van der Waals surface area contributed by atoms with Crippen molar-refractivity contribution in [2.24, 2.45) is 11.5 Å². The number of hydrogen-bond acceptors (Lipinski definition) is 8. The topological polar surface area (TPSA) is 134 Å². The number of H-pyrrole nitrogens is 1. The fourth-order valence-electron chi connectivity index (χ4n) is 5.46. The zero-order valence-corrected chi connectivity index (χ0v) is 21.4. The molecule has 0 unspecified atom stereocenters. The molecule has 1 aromatic carbocycles. The second-order valence-electron chi connectivity index (χ2n) is 10.0. The van der Waals surface area contributed by atoms with E-state index in [-0.39, 0.29) is 5.69 Å². The molecule has 0 atom stereocenters. The number of anilines is 2. The second-order valence-corrected chi connectivity index (χ2v) is 10.0. The van der Waals surface area contributed by atoms with Gasteiger partial charge in [0.1, 0.15) is 0 Å². The van der Waals surface area contributed by atoms with E-state index in [0.29, 0.717) is 17.5 Å². The summed E-state index contributed by atoms with van der Waals surface area (Å²) in [6.07, 6.45) is 13.0. The van der Waals surface area contributed by atoms with Crippen LogP contribution >= 0.6 is 0 Å². The van der Waals surface area contributed by atoms with Crippen LogP contribution in [-0.2, 0) is 0 Å². The van der Waals surface area contributed by atoms with E-state index in [0.717, 1.165) is 69.3 Å². The van der Waals surface area contributed by atoms with Crippen molar-refractivity contribution in [3.8, 4) is 11.5 Å². The summed E-state index contributed by atoms with van der Waals surface area (Å²) >= 11 is 0. The summed E-state index contributed by atoms with van der Waals surface area (Å²) in [4.78, 5) is 20.3. The fraction of sp³-hybridized carbons (Fsp3) is 0.630. The van der Waals surface area contributed by atoms with Crippen molar-refractivity contribution in [2.75, 3.05) is 44.6 Å². The van der Waals surface area contributed by atoms with E-state index in [2.05, 4.69) is 37.6 Å². The molecular weight excluding hydrogens is 454 g/mol. The Bertz CT molecular complexity index is 992. The van der Waals surface area contributed by atoms with Crippen LogP contribution < -0.4 is 32.5 Å². The summed E-state index contributed by atoms with van der Waals surface area (Å²) in [7, 11) is 0. The number of nitrogens with zero attached hydrogens (tertiary/aromatic N) is 2. The first-order valence-corrected chi connectivity index (χ1v) is 13.7. The van der Waals surface area contributed by atoms with E-state index >= 15 is 0 Å². The van der Waals surface area contributed by atoms with E-state index in [1.165, 1.54) is 57.0 Å². The number of ether oxygens (including phenoxy) is 1. The Kier molecular flexibility index (Phi) is 10.2. The van der Waals surface area contributed by atoms with E-state index in [4.69, 9.17) is 16.2 Å². The molecule has 0 bridgehead atoms. The number of piperidine rings is 1. The lowest BCUT2D eigenvalue weighted by atomic mass is 9.90. The summed E-state index contributed by atoms with van der Waals surface area (Å²) < 4.78 is 5.77. The molecule has 3 heterocycles. The van der Waals surface area contributed by atoms with E-state index in [1.54, 1.807) is 0 Å². The third kappa shape index (κ3) is 7.29. The van der Waals surface area contributed by atoms with Crippen LogP contribution in [0.5, 0.6) is 11.5 Å². The lowest BCUT2D eigenvalue weighted by Crippen LogP contribution is -2.39. The predicted molar refractivity (Wildman–Crippen MR) is 145 cm³/mol. The number of hydrogen-bond donors (Lipinski definition) is 5. The molecule has 2 aromatic rings. The molecule has 9 heteroatoms. The zero-order valence-electron chi connectivity index (χ0n) is 21.4. The Balaban J connectivity index is 0.000000181. The number of nitrogens with two attached hydrogens (primary N) is 2. The Morgan fingerprint density at radius 2 is 1.69 bits per heavy atom. The first-order chi connectivity index (χ1) is 17.7. The van der Waals surface area contributed by atoms with Gasteiger partial charge < -0.3 is 31.7 Å². The van der Waals surface area contributed by atoms with Gasteiger partial charge in [-0.15, -0.1) is 0 Å². The van der Waals surface area contributed by atoms with Gasteiger partial charge in [0.2, 0.25) is 0 Å². The van der Waals surface area contributed by atoms with Crippen molar-refractivity contribution < 1.29 is 4.74 Å². The van der Waals surface area contributed by atoms with Crippen LogP contribution in [0.4, 0.5) is 11.5 Å². The summed E-state index contributed by atoms with van der Waals surface area (Å²) in [5.74, 6) is 2.44. The molecule has 1 saturated heterocycles. The molecule has 9 nitrogen and oxygen atoms in total. The molecule has 0 radical (unpaired) electrons. The maximum Gasteiger partial charge on any atom is 0.346 e. The number of aromatic nitrogens is 2. The van der Waals surface area contributed by atoms with Crippen molar-refractivity contribution >= 4 is 11.5 Å². The van der Waals surface area contributed by atoms with Crippen LogP contribution in [0, 0.1) is 0 Å². The maximum atomic E-state index is 11.3. The van der Waals surface area contributed by atoms with Gasteiger partial charge in [0.15, 0.2) is 17.3 Å². The van der Waals surface area contributed by atoms with Crippen LogP contribution in [0.2, 0.25) is 0 Å². The first-order valence-electron chi connectivity index (χ1n) is 13.7. The molecule has 36 heavy (non-hydrogen) atoms. The highest BCUT2D eigenvalue weighted by atomic mass is 16.5. The lowest BCUT2D eigenvalue weighted by molar-refractivity contribution is 0.154. The lowest BCUT2D eigenvalue weighted by Gasteiger charge is -2.34. The highest BCUT2D eigenvalue weighted by Crippen LogP contribution is 2.41. The minimum absolute atomic E-state index is 0.386. The predicted octanol–water partition coefficient (Wildman–Crippen LogP) is 3.40. The Labute approximate surface area is 214 Å². The number of nitrogens with one attached hydrogen (secondary N) is 3. The molecule has 1 aliphatic carbocycles. The Morgan fingerprint density at radius 1 is 0.972 bits per heavy atom. The molecule has 7 N–H and O–H groups in total. The van der Waals surface area contributed by atoms with Crippen molar-refractivity contribution in [3.05, 3.63) is 40.4 Å². The van der Waals surface area contributed by atoms with Gasteiger partial charge in [-0.05, 0) is 101 Å². The molecule has 2 fully saturated rings. The molecule has 1 aromatic heterocycles. The van der Waals surface area contributed by atoms with Crippen molar-refractivity contribution in [1.29, 1.82) is 0 Å². The zero-order chi connectivity index (χ0) is 25.2. The van der Waals surface area contributed by atoms with Gasteiger partial charge >= 0.3 is 5.69 Å². The van der Waals surface area contributed by atoms with Gasteiger partial charge in [0, 0.05) is 6.04 Å². The average molecular weight is 498 g/mol. The molecule has 1 saturated carbocycles. The Morgan fingerprint density at radius 3 is 2.39 bits per heavy atom. The molecule has 0 spiro atoms. The standard InChI is InChI=1S/C15H16N4O2.C12H27N3/c20-15-17-8-13-14(19-15)18-11-7-10(1-2-12(11)21-13)9-3-5-16-6-4-9;13-8-4-10-15(11-5-9-14)12-6-2-1-3-7-12/h1-2,7-9,16H,3-6H2,(H2,17,18,19,20);12H,1-11,13-14H2. The molecule has 0 amide bonds. The van der Waals surface area contributed by atoms with Crippen molar-refractivity contribution in [2.45, 2.75) is 69.7 Å². The van der Waals surface area contributed by atoms with E-state index < -0.39 is 0 Å². The quantitative estimate of drug-likeness (QED) is 0.320. The monoisotopic (exact) mass is 497 g/mol. The van der Waals surface area contributed by atoms with Crippen LogP contribution in [0.3, 0.4) is 0 Å². The smallest absolute Gasteiger partial charge is 0.346 e. The number of aromatic amines is 1. The van der Waals surface area contributed by atoms with Gasteiger partial charge in [0.05, 0.1) is 11.9 Å². The summed E-state index contributed by atoms with van der Waals surface area (Å²) in [5, 5.41) is 6.60. The molecular formula is C27H43N7O2. The van der Waals surface area contributed by atoms with Crippen LogP contribution in [0.25, 0.3) is 0 Å². The van der Waals surface area contributed by atoms with Gasteiger partial charge in [0.25, 0.3) is 0 Å². The summed E-state index contributed by atoms with van der Waals surface area (Å²) in [6, 6.07) is 7.04. The third-order valence-electron chi connectivity index (χ3n) is 7.46. The molecule has 5 rings (SSSR count). The molecule has 2 aliphatic heterocycles. The highest BCUT2D eigenvalue weighted by molar-refractivity contribution is 5.73. The number of rotatable bonds is 8. The third-order valence-corrected chi connectivity index (χ3v) is 7.46. The van der Waals surface area contributed by atoms with Gasteiger partial charge in [-0.1, -0.05) is 25.3 Å². The maximum absolute atomic E-state index is 11.3. The van der Waals surface area contributed by atoms with Crippen LogP contribution in [0.15, 0.2) is 29.2 Å². The van der Waals surface area contributed by atoms with E-state index in [1.807, 2.05) is 6.07 Å². The minimum atomic E-state index is -0.386. The Hall–Kier alpha value is -2.46. The summed E-state index contributed by atoms with van der Waals surface area (Å²) in [5.41, 5.74) is 13.0. The van der Waals surface area contributed by atoms with Crippen LogP contribution in [-0.4, -0.2) is 60.2 Å². The largest absolute Gasteiger partial charge is 0.450 e. The number of fused-ring (bicyclic) bond motifs is 2. The number of benzene rings is 1. The minimum Gasteiger partial charge on any atom is -0.450 e. The van der Waals surface area contributed by atoms with Gasteiger partial charge in [-0.25, -0.2) is 4.79 Å². The molecule has 198 valence electrons. The SMILES string of the molecule is NCCCN(CCCN)C1CCCCC1.O=c1ncc2c([nH]1)Nc1cc(C3CCNCC3)ccc1O2. The normalized spacial score (nSPS) is 17.9. The van der Waals surface area contributed by atoms with Crippen molar-refractivity contribution in [3.63, 3.8) is 0 Å². The fourth-order valence-corrected chi connectivity index (χ4v) is 5.46. The van der Waals surface area contributed by atoms with Gasteiger partial charge in [-0.3, -0.25) is 4.98 Å². The van der Waals surface area contributed by atoms with Gasteiger partial charge in [-0.2, -0.15) is 4.98 Å². The van der Waals surface area contributed by atoms with E-state index in [9.17, 15) is 4.79 Å². The average Bonchev–Trinajstić information content (AvgIpc) is 2.93. The summed E-state index contributed by atoms with van der Waals surface area (Å²) in [6.45, 7) is 6.08. The highest BCUT2D eigenvalue weighted by Gasteiger charge is 2.22. The first kappa shape index (κ1) is 26.6. The van der Waals surface area contributed by atoms with Crippen LogP contribution in [0.1, 0.15) is 69.3 Å². The van der Waals surface area contributed by atoms with Crippen molar-refractivity contribution in [1.82, 2.24) is 20.2 Å². The second kappa shape index (κ2) is 13.7.